The molecule has 3 rings (SSSR count). The molecule has 2 unspecified atom stereocenters. The van der Waals surface area contributed by atoms with Crippen LogP contribution in [-0.2, 0) is 20.8 Å². The molecule has 2 atom stereocenters. The van der Waals surface area contributed by atoms with Crippen molar-refractivity contribution < 1.29 is 24.2 Å². The molecule has 27 heavy (non-hydrogen) atoms. The first-order valence-electron chi connectivity index (χ1n) is 9.42. The lowest BCUT2D eigenvalue weighted by molar-refractivity contribution is -0.132. The van der Waals surface area contributed by atoms with Gasteiger partial charge in [0, 0.05) is 36.5 Å². The van der Waals surface area contributed by atoms with E-state index in [-0.39, 0.29) is 11.8 Å². The Morgan fingerprint density at radius 1 is 1.22 bits per heavy atom. The van der Waals surface area contributed by atoms with Crippen LogP contribution in [0.15, 0.2) is 18.2 Å². The van der Waals surface area contributed by atoms with E-state index in [0.717, 1.165) is 11.3 Å². The summed E-state index contributed by atoms with van der Waals surface area (Å²) in [6.45, 7) is 5.30. The Kier molecular flexibility index (Phi) is 6.65. The number of rotatable bonds is 9. The molecule has 2 aliphatic heterocycles. The lowest BCUT2D eigenvalue weighted by atomic mass is 10.0. The molecule has 0 aliphatic carbocycles. The van der Waals surface area contributed by atoms with Crippen LogP contribution < -0.4 is 10.6 Å². The second kappa shape index (κ2) is 9.16. The fourth-order valence-corrected chi connectivity index (χ4v) is 3.47. The standard InChI is InChI=1S/C19H27N3O5/c1-2-26-10-11-27-9-8-20-15-5-3-4-13-14(15)12-22(19(13)25)16-6-7-17(23)21-18(16)24/h3-5,16-17,20,23H,2,6-12H2,1H3,(H,21,24). The Morgan fingerprint density at radius 2 is 2.04 bits per heavy atom. The number of anilines is 1. The van der Waals surface area contributed by atoms with Gasteiger partial charge in [0.2, 0.25) is 5.91 Å². The summed E-state index contributed by atoms with van der Waals surface area (Å²) in [7, 11) is 0. The number of aliphatic hydroxyl groups is 1. The van der Waals surface area contributed by atoms with Gasteiger partial charge in [-0.05, 0) is 31.9 Å². The van der Waals surface area contributed by atoms with Gasteiger partial charge in [-0.3, -0.25) is 9.59 Å². The van der Waals surface area contributed by atoms with E-state index in [1.54, 1.807) is 11.0 Å². The summed E-state index contributed by atoms with van der Waals surface area (Å²) in [6, 6.07) is 5.02. The summed E-state index contributed by atoms with van der Waals surface area (Å²) in [6.07, 6.45) is 0.0814. The number of nitrogens with one attached hydrogen (secondary N) is 2. The van der Waals surface area contributed by atoms with Crippen LogP contribution in [0, 0.1) is 0 Å². The Morgan fingerprint density at radius 3 is 2.81 bits per heavy atom. The summed E-state index contributed by atoms with van der Waals surface area (Å²) in [5.74, 6) is -0.440. The van der Waals surface area contributed by atoms with Gasteiger partial charge in [0.15, 0.2) is 0 Å². The zero-order chi connectivity index (χ0) is 19.2. The molecule has 2 aliphatic rings. The highest BCUT2D eigenvalue weighted by Gasteiger charge is 2.39. The Balaban J connectivity index is 1.58. The Bertz CT molecular complexity index is 681. The Labute approximate surface area is 158 Å². The first-order valence-corrected chi connectivity index (χ1v) is 9.42. The van der Waals surface area contributed by atoms with E-state index in [0.29, 0.717) is 57.9 Å². The van der Waals surface area contributed by atoms with Crippen LogP contribution in [-0.4, -0.2) is 67.1 Å². The number of aliphatic hydroxyl groups excluding tert-OH is 1. The molecule has 0 bridgehead atoms. The zero-order valence-corrected chi connectivity index (χ0v) is 15.6. The van der Waals surface area contributed by atoms with Crippen molar-refractivity contribution in [1.29, 1.82) is 0 Å². The van der Waals surface area contributed by atoms with Gasteiger partial charge in [-0.2, -0.15) is 0 Å². The van der Waals surface area contributed by atoms with Crippen LogP contribution in [0.25, 0.3) is 0 Å². The highest BCUT2D eigenvalue weighted by Crippen LogP contribution is 2.32. The van der Waals surface area contributed by atoms with Crippen LogP contribution >= 0.6 is 0 Å². The predicted octanol–water partition coefficient (Wildman–Crippen LogP) is 0.704. The van der Waals surface area contributed by atoms with Crippen LogP contribution in [0.2, 0.25) is 0 Å². The third-order valence-electron chi connectivity index (χ3n) is 4.84. The molecule has 1 fully saturated rings. The van der Waals surface area contributed by atoms with Crippen molar-refractivity contribution in [3.8, 4) is 0 Å². The van der Waals surface area contributed by atoms with Crippen molar-refractivity contribution in [2.24, 2.45) is 0 Å². The van der Waals surface area contributed by atoms with E-state index >= 15 is 0 Å². The number of fused-ring (bicyclic) bond motifs is 1. The summed E-state index contributed by atoms with van der Waals surface area (Å²) < 4.78 is 10.7. The molecular weight excluding hydrogens is 350 g/mol. The maximum Gasteiger partial charge on any atom is 0.255 e. The topological polar surface area (TPSA) is 100 Å². The van der Waals surface area contributed by atoms with Gasteiger partial charge in [-0.15, -0.1) is 0 Å². The molecule has 0 saturated carbocycles. The zero-order valence-electron chi connectivity index (χ0n) is 15.6. The van der Waals surface area contributed by atoms with Gasteiger partial charge in [-0.25, -0.2) is 0 Å². The lowest BCUT2D eigenvalue weighted by Gasteiger charge is -2.32. The van der Waals surface area contributed by atoms with E-state index in [1.807, 2.05) is 19.1 Å². The minimum absolute atomic E-state index is 0.141. The molecule has 2 heterocycles. The number of piperidine rings is 1. The van der Waals surface area contributed by atoms with Crippen LogP contribution in [0.5, 0.6) is 0 Å². The van der Waals surface area contributed by atoms with Crippen LogP contribution in [0.1, 0.15) is 35.7 Å². The molecule has 0 aromatic heterocycles. The normalized spacial score (nSPS) is 21.9. The van der Waals surface area contributed by atoms with Crippen LogP contribution in [0.3, 0.4) is 0 Å². The molecular formula is C19H27N3O5. The molecule has 1 aromatic carbocycles. The summed E-state index contributed by atoms with van der Waals surface area (Å²) in [5.41, 5.74) is 2.40. The second-order valence-corrected chi connectivity index (χ2v) is 6.62. The third-order valence-corrected chi connectivity index (χ3v) is 4.84. The number of hydrogen-bond acceptors (Lipinski definition) is 6. The number of hydrogen-bond donors (Lipinski definition) is 3. The van der Waals surface area contributed by atoms with Crippen molar-refractivity contribution in [1.82, 2.24) is 10.2 Å². The lowest BCUT2D eigenvalue weighted by Crippen LogP contribution is -2.54. The van der Waals surface area contributed by atoms with Gasteiger partial charge < -0.3 is 30.1 Å². The van der Waals surface area contributed by atoms with Gasteiger partial charge in [0.25, 0.3) is 5.91 Å². The number of ether oxygens (including phenoxy) is 2. The molecule has 8 heteroatoms. The highest BCUT2D eigenvalue weighted by atomic mass is 16.5. The molecule has 1 saturated heterocycles. The minimum Gasteiger partial charge on any atom is -0.382 e. The van der Waals surface area contributed by atoms with E-state index in [4.69, 9.17) is 9.47 Å². The third kappa shape index (κ3) is 4.58. The first kappa shape index (κ1) is 19.6. The summed E-state index contributed by atoms with van der Waals surface area (Å²) in [4.78, 5) is 26.5. The fourth-order valence-electron chi connectivity index (χ4n) is 3.47. The molecule has 8 nitrogen and oxygen atoms in total. The largest absolute Gasteiger partial charge is 0.382 e. The molecule has 1 aromatic rings. The maximum atomic E-state index is 12.8. The minimum atomic E-state index is -0.825. The summed E-state index contributed by atoms with van der Waals surface area (Å²) in [5, 5.41) is 15.4. The van der Waals surface area contributed by atoms with E-state index in [1.165, 1.54) is 0 Å². The van der Waals surface area contributed by atoms with Crippen molar-refractivity contribution in [3.63, 3.8) is 0 Å². The molecule has 0 radical (unpaired) electrons. The number of amides is 2. The van der Waals surface area contributed by atoms with Gasteiger partial charge >= 0.3 is 0 Å². The summed E-state index contributed by atoms with van der Waals surface area (Å²) >= 11 is 0. The van der Waals surface area contributed by atoms with E-state index in [2.05, 4.69) is 10.6 Å². The smallest absolute Gasteiger partial charge is 0.255 e. The number of carbonyl (C=O) groups is 2. The van der Waals surface area contributed by atoms with Crippen LogP contribution in [0.4, 0.5) is 5.69 Å². The number of benzene rings is 1. The average molecular weight is 377 g/mol. The number of nitrogens with zero attached hydrogens (tertiary/aromatic N) is 1. The molecule has 0 spiro atoms. The maximum absolute atomic E-state index is 12.8. The van der Waals surface area contributed by atoms with Gasteiger partial charge in [0.05, 0.1) is 19.8 Å². The Hall–Kier alpha value is -2.16. The highest BCUT2D eigenvalue weighted by molar-refractivity contribution is 6.02. The van der Waals surface area contributed by atoms with E-state index < -0.39 is 12.3 Å². The second-order valence-electron chi connectivity index (χ2n) is 6.62. The quantitative estimate of drug-likeness (QED) is 0.548. The van der Waals surface area contributed by atoms with Gasteiger partial charge in [-0.1, -0.05) is 6.07 Å². The molecule has 2 amide bonds. The monoisotopic (exact) mass is 377 g/mol. The first-order chi connectivity index (χ1) is 13.1. The SMILES string of the molecule is CCOCCOCCNc1cccc2c1CN(C1CCC(O)NC1=O)C2=O. The van der Waals surface area contributed by atoms with Gasteiger partial charge in [0.1, 0.15) is 12.3 Å². The average Bonchev–Trinajstić information content (AvgIpc) is 2.98. The number of carbonyl (C=O) groups excluding carboxylic acids is 2. The van der Waals surface area contributed by atoms with Crippen molar-refractivity contribution in [3.05, 3.63) is 29.3 Å². The fraction of sp³-hybridized carbons (Fsp3) is 0.579. The molecule has 148 valence electrons. The molecule has 3 N–H and O–H groups in total. The van der Waals surface area contributed by atoms with Crippen molar-refractivity contribution in [2.75, 3.05) is 38.3 Å². The van der Waals surface area contributed by atoms with Crippen molar-refractivity contribution in [2.45, 2.75) is 38.6 Å². The predicted molar refractivity (Wildman–Crippen MR) is 99.3 cm³/mol. The van der Waals surface area contributed by atoms with Crippen molar-refractivity contribution >= 4 is 17.5 Å². The van der Waals surface area contributed by atoms with E-state index in [9.17, 15) is 14.7 Å².